The molecule has 0 aliphatic carbocycles. The van der Waals surface area contributed by atoms with E-state index in [2.05, 4.69) is 83.0 Å². The summed E-state index contributed by atoms with van der Waals surface area (Å²) in [5, 5.41) is 8.47. The van der Waals surface area contributed by atoms with Crippen LogP contribution in [-0.4, -0.2) is 70.1 Å². The first-order valence-electron chi connectivity index (χ1n) is 16.9. The summed E-state index contributed by atoms with van der Waals surface area (Å²) >= 11 is 0. The van der Waals surface area contributed by atoms with E-state index in [1.54, 1.807) is 6.33 Å². The standard InChI is InChI=1S/C35H49N7O5Si2/c1-34(2,3)48(7,8)44-22-28-27(47-49(9,10)35(4,5)6)20-29(45-28)41-23-36-30-31(41)37-33(38-32(30)43-21-24-16-12-11-13-17-24)46-42-26-19-15-14-18-25(26)39-40-42/h11-19,23,27-29H,20-22H2,1-10H3/t27-,28+,29+/m0/s1. The zero-order chi connectivity index (χ0) is 35.2. The summed E-state index contributed by atoms with van der Waals surface area (Å²) < 4.78 is 28.7. The quantitative estimate of drug-likeness (QED) is 0.127. The molecule has 1 fully saturated rings. The third-order valence-corrected chi connectivity index (χ3v) is 19.2. The van der Waals surface area contributed by atoms with Gasteiger partial charge >= 0.3 is 6.01 Å². The molecular formula is C35H49N7O5Si2. The van der Waals surface area contributed by atoms with Gasteiger partial charge in [0, 0.05) is 6.42 Å². The van der Waals surface area contributed by atoms with Crippen molar-refractivity contribution in [1.29, 1.82) is 0 Å². The van der Waals surface area contributed by atoms with E-state index in [-0.39, 0.29) is 34.2 Å². The van der Waals surface area contributed by atoms with Crippen LogP contribution in [0, 0.1) is 0 Å². The van der Waals surface area contributed by atoms with Crippen molar-refractivity contribution in [3.05, 3.63) is 66.5 Å². The Hall–Kier alpha value is -3.70. The fraction of sp³-hybridized carbons (Fsp3) is 0.514. The first-order chi connectivity index (χ1) is 23.0. The van der Waals surface area contributed by atoms with Gasteiger partial charge in [-0.05, 0) is 59.2 Å². The molecule has 0 N–H and O–H groups in total. The Morgan fingerprint density at radius 1 is 0.878 bits per heavy atom. The van der Waals surface area contributed by atoms with E-state index in [4.69, 9.17) is 33.1 Å². The fourth-order valence-electron chi connectivity index (χ4n) is 5.15. The molecule has 1 saturated heterocycles. The van der Waals surface area contributed by atoms with E-state index in [0.717, 1.165) is 5.56 Å². The van der Waals surface area contributed by atoms with Crippen molar-refractivity contribution in [2.45, 2.75) is 109 Å². The summed E-state index contributed by atoms with van der Waals surface area (Å²) in [7, 11) is -4.18. The van der Waals surface area contributed by atoms with Gasteiger partial charge in [0.2, 0.25) is 5.88 Å². The Kier molecular flexibility index (Phi) is 9.47. The molecule has 0 saturated carbocycles. The molecule has 1 aliphatic heterocycles. The number of fused-ring (bicyclic) bond motifs is 2. The molecule has 12 nitrogen and oxygen atoms in total. The highest BCUT2D eigenvalue weighted by Crippen LogP contribution is 2.43. The zero-order valence-corrected chi connectivity index (χ0v) is 32.3. The van der Waals surface area contributed by atoms with Crippen LogP contribution in [0.25, 0.3) is 22.2 Å². The topological polar surface area (TPSA) is 120 Å². The lowest BCUT2D eigenvalue weighted by molar-refractivity contribution is -0.0384. The third kappa shape index (κ3) is 7.43. The maximum absolute atomic E-state index is 7.03. The first kappa shape index (κ1) is 35.1. The predicted octanol–water partition coefficient (Wildman–Crippen LogP) is 7.69. The number of hydrogen-bond donors (Lipinski definition) is 0. The maximum atomic E-state index is 7.03. The number of aromatic nitrogens is 7. The third-order valence-electron chi connectivity index (χ3n) is 10.2. The Morgan fingerprint density at radius 3 is 2.29 bits per heavy atom. The van der Waals surface area contributed by atoms with Crippen molar-refractivity contribution in [2.24, 2.45) is 0 Å². The van der Waals surface area contributed by atoms with Crippen LogP contribution in [-0.2, 0) is 20.2 Å². The van der Waals surface area contributed by atoms with Crippen LogP contribution in [0.1, 0.15) is 59.8 Å². The molecule has 262 valence electrons. The monoisotopic (exact) mass is 703 g/mol. The van der Waals surface area contributed by atoms with Crippen molar-refractivity contribution >= 4 is 38.8 Å². The molecule has 0 radical (unpaired) electrons. The lowest BCUT2D eigenvalue weighted by Gasteiger charge is -2.40. The average molecular weight is 704 g/mol. The number of hydrogen-bond acceptors (Lipinski definition) is 10. The molecule has 0 unspecified atom stereocenters. The molecule has 0 spiro atoms. The summed E-state index contributed by atoms with van der Waals surface area (Å²) in [5.74, 6) is 0.289. The molecule has 4 heterocycles. The summed E-state index contributed by atoms with van der Waals surface area (Å²) in [6, 6.07) is 17.5. The predicted molar refractivity (Wildman–Crippen MR) is 193 cm³/mol. The van der Waals surface area contributed by atoms with E-state index < -0.39 is 22.9 Å². The van der Waals surface area contributed by atoms with Gasteiger partial charge in [0.15, 0.2) is 27.8 Å². The van der Waals surface area contributed by atoms with Crippen molar-refractivity contribution in [1.82, 2.24) is 34.7 Å². The lowest BCUT2D eigenvalue weighted by atomic mass is 10.2. The van der Waals surface area contributed by atoms with Crippen LogP contribution in [0.3, 0.4) is 0 Å². The highest BCUT2D eigenvalue weighted by atomic mass is 28.4. The Labute approximate surface area is 290 Å². The van der Waals surface area contributed by atoms with Crippen molar-refractivity contribution in [3.63, 3.8) is 0 Å². The fourth-order valence-corrected chi connectivity index (χ4v) is 7.52. The van der Waals surface area contributed by atoms with Crippen LogP contribution in [0.2, 0.25) is 36.3 Å². The molecule has 49 heavy (non-hydrogen) atoms. The summed E-state index contributed by atoms with van der Waals surface area (Å²) in [6.07, 6.45) is 1.50. The van der Waals surface area contributed by atoms with Crippen molar-refractivity contribution < 1.29 is 23.2 Å². The second-order valence-corrected chi connectivity index (χ2v) is 25.4. The second-order valence-electron chi connectivity index (χ2n) is 15.8. The van der Waals surface area contributed by atoms with Gasteiger partial charge < -0.3 is 23.2 Å². The number of rotatable bonds is 11. The van der Waals surface area contributed by atoms with Crippen molar-refractivity contribution in [3.8, 4) is 11.9 Å². The minimum absolute atomic E-state index is 0.0353. The van der Waals surface area contributed by atoms with Gasteiger partial charge in [0.25, 0.3) is 0 Å². The Morgan fingerprint density at radius 2 is 1.57 bits per heavy atom. The van der Waals surface area contributed by atoms with E-state index in [9.17, 15) is 0 Å². The van der Waals surface area contributed by atoms with Gasteiger partial charge in [-0.2, -0.15) is 9.97 Å². The molecule has 0 bridgehead atoms. The zero-order valence-electron chi connectivity index (χ0n) is 30.3. The van der Waals surface area contributed by atoms with Crippen LogP contribution in [0.5, 0.6) is 11.9 Å². The van der Waals surface area contributed by atoms with E-state index in [0.29, 0.717) is 41.8 Å². The van der Waals surface area contributed by atoms with Crippen molar-refractivity contribution in [2.75, 3.05) is 6.61 Å². The van der Waals surface area contributed by atoms with Crippen LogP contribution < -0.4 is 9.57 Å². The normalized spacial score (nSPS) is 19.2. The second kappa shape index (κ2) is 13.2. The molecular weight excluding hydrogens is 655 g/mol. The number of benzene rings is 2. The molecule has 2 aromatic carbocycles. The largest absolute Gasteiger partial charge is 0.471 e. The molecule has 3 atom stereocenters. The molecule has 14 heteroatoms. The Balaban J connectivity index is 1.35. The SMILES string of the molecule is CC(C)(C)[Si](C)(C)OC[C@H]1O[C@@H](n2cnc3c(OCc4ccccc4)nc(On4nnc5ccccc54)nc32)C[C@@H]1O[Si](C)(C)C(C)(C)C. The van der Waals surface area contributed by atoms with E-state index in [1.165, 1.54) is 4.85 Å². The van der Waals surface area contributed by atoms with Gasteiger partial charge in [-0.15, -0.1) is 5.10 Å². The Bertz CT molecular complexity index is 1900. The maximum Gasteiger partial charge on any atom is 0.351 e. The van der Waals surface area contributed by atoms with Gasteiger partial charge in [0.1, 0.15) is 30.0 Å². The molecule has 6 rings (SSSR count). The van der Waals surface area contributed by atoms with Crippen LogP contribution in [0.4, 0.5) is 0 Å². The first-order valence-corrected chi connectivity index (χ1v) is 22.7. The van der Waals surface area contributed by atoms with Crippen LogP contribution >= 0.6 is 0 Å². The van der Waals surface area contributed by atoms with Gasteiger partial charge in [-0.25, -0.2) is 4.98 Å². The highest BCUT2D eigenvalue weighted by Gasteiger charge is 2.47. The minimum Gasteiger partial charge on any atom is -0.471 e. The molecule has 3 aromatic heterocycles. The minimum atomic E-state index is -2.14. The average Bonchev–Trinajstić information content (AvgIpc) is 3.75. The van der Waals surface area contributed by atoms with Gasteiger partial charge in [0.05, 0.1) is 19.0 Å². The van der Waals surface area contributed by atoms with Crippen LogP contribution in [0.15, 0.2) is 60.9 Å². The molecule has 1 aliphatic rings. The number of nitrogens with zero attached hydrogens (tertiary/aromatic N) is 7. The van der Waals surface area contributed by atoms with E-state index in [1.807, 2.05) is 59.2 Å². The van der Waals surface area contributed by atoms with E-state index >= 15 is 0 Å². The number of para-hydroxylation sites is 1. The number of imidazole rings is 1. The van der Waals surface area contributed by atoms with Gasteiger partial charge in [-0.1, -0.05) is 88.9 Å². The summed E-state index contributed by atoms with van der Waals surface area (Å²) in [6.45, 7) is 23.3. The number of ether oxygens (including phenoxy) is 2. The summed E-state index contributed by atoms with van der Waals surface area (Å²) in [5.41, 5.74) is 3.37. The highest BCUT2D eigenvalue weighted by molar-refractivity contribution is 6.74. The van der Waals surface area contributed by atoms with Gasteiger partial charge in [-0.3, -0.25) is 4.57 Å². The molecule has 5 aromatic rings. The molecule has 0 amide bonds. The smallest absolute Gasteiger partial charge is 0.351 e. The lowest BCUT2D eigenvalue weighted by Crippen LogP contribution is -2.48. The summed E-state index contributed by atoms with van der Waals surface area (Å²) in [4.78, 5) is 21.6.